The summed E-state index contributed by atoms with van der Waals surface area (Å²) in [4.78, 5) is 19.2. The fourth-order valence-electron chi connectivity index (χ4n) is 3.93. The molecule has 0 fully saturated rings. The Kier molecular flexibility index (Phi) is 3.99. The van der Waals surface area contributed by atoms with Gasteiger partial charge in [-0.2, -0.15) is 0 Å². The number of carbonyl (C=O) groups excluding carboxylic acids is 1. The van der Waals surface area contributed by atoms with Crippen molar-refractivity contribution in [3.8, 4) is 22.6 Å². The standard InChI is InChI=1S/C23H18FN3O3/c1-29-17-9-6-12(10-18(17)30-2)19-15(24)8-7-14-21(25)20-16(26-22(14)19)11-27(23(20)28)13-4-3-5-13/h3-10H,11H2,1-2H3,(H2,25,26). The van der Waals surface area contributed by atoms with E-state index in [1.165, 1.54) is 20.3 Å². The number of aromatic nitrogens is 1. The van der Waals surface area contributed by atoms with Crippen molar-refractivity contribution in [2.45, 2.75) is 6.54 Å². The van der Waals surface area contributed by atoms with Crippen molar-refractivity contribution in [2.24, 2.45) is 0 Å². The van der Waals surface area contributed by atoms with Gasteiger partial charge in [0.05, 0.1) is 43.2 Å². The normalized spacial score (nSPS) is 14.6. The van der Waals surface area contributed by atoms with Crippen LogP contribution in [-0.4, -0.2) is 30.0 Å². The minimum atomic E-state index is -0.438. The molecule has 6 nitrogen and oxygen atoms in total. The van der Waals surface area contributed by atoms with Crippen LogP contribution < -0.4 is 15.2 Å². The quantitative estimate of drug-likeness (QED) is 0.711. The largest absolute Gasteiger partial charge is 0.493 e. The first-order chi connectivity index (χ1) is 14.5. The van der Waals surface area contributed by atoms with Crippen LogP contribution in [0.15, 0.2) is 54.3 Å². The summed E-state index contributed by atoms with van der Waals surface area (Å²) < 4.78 is 25.6. The number of nitrogens with two attached hydrogens (primary N) is 1. The second kappa shape index (κ2) is 6.59. The smallest absolute Gasteiger partial charge is 0.262 e. The maximum atomic E-state index is 15.0. The molecule has 2 heterocycles. The van der Waals surface area contributed by atoms with Crippen molar-refractivity contribution in [3.63, 3.8) is 0 Å². The maximum absolute atomic E-state index is 15.0. The number of fused-ring (bicyclic) bond motifs is 2. The predicted molar refractivity (Wildman–Crippen MR) is 112 cm³/mol. The molecule has 0 radical (unpaired) electrons. The molecule has 0 bridgehead atoms. The number of pyridine rings is 1. The average Bonchev–Trinajstić information content (AvgIpc) is 3.02. The summed E-state index contributed by atoms with van der Waals surface area (Å²) >= 11 is 0. The summed E-state index contributed by atoms with van der Waals surface area (Å²) in [5.41, 5.74) is 9.73. The fraction of sp³-hybridized carbons (Fsp3) is 0.130. The number of hydrogen-bond donors (Lipinski definition) is 1. The van der Waals surface area contributed by atoms with Gasteiger partial charge in [-0.05, 0) is 42.0 Å². The minimum Gasteiger partial charge on any atom is -0.493 e. The number of anilines is 1. The van der Waals surface area contributed by atoms with Crippen molar-refractivity contribution in [1.29, 1.82) is 0 Å². The lowest BCUT2D eigenvalue weighted by molar-refractivity contribution is 0.0831. The van der Waals surface area contributed by atoms with Crippen molar-refractivity contribution in [2.75, 3.05) is 20.0 Å². The zero-order valence-corrected chi connectivity index (χ0v) is 16.4. The van der Waals surface area contributed by atoms with Gasteiger partial charge < -0.3 is 20.1 Å². The van der Waals surface area contributed by atoms with E-state index < -0.39 is 5.82 Å². The molecule has 2 aromatic carbocycles. The van der Waals surface area contributed by atoms with E-state index in [-0.39, 0.29) is 5.91 Å². The Morgan fingerprint density at radius 2 is 1.87 bits per heavy atom. The third-order valence-corrected chi connectivity index (χ3v) is 5.51. The van der Waals surface area contributed by atoms with Crippen molar-refractivity contribution in [1.82, 2.24) is 9.88 Å². The molecular formula is C23H18FN3O3. The molecule has 0 spiro atoms. The van der Waals surface area contributed by atoms with Gasteiger partial charge in [-0.1, -0.05) is 12.1 Å². The number of carbonyl (C=O) groups is 1. The van der Waals surface area contributed by atoms with Crippen LogP contribution in [0.25, 0.3) is 22.0 Å². The summed E-state index contributed by atoms with van der Waals surface area (Å²) in [6.45, 7) is 0.298. The number of benzene rings is 2. The summed E-state index contributed by atoms with van der Waals surface area (Å²) in [5.74, 6) is 0.390. The van der Waals surface area contributed by atoms with E-state index in [1.54, 1.807) is 29.2 Å². The summed E-state index contributed by atoms with van der Waals surface area (Å²) in [6, 6.07) is 8.06. The monoisotopic (exact) mass is 403 g/mol. The molecule has 2 N–H and O–H groups in total. The number of methoxy groups -OCH3 is 2. The Morgan fingerprint density at radius 1 is 1.10 bits per heavy atom. The number of ether oxygens (including phenoxy) is 2. The van der Waals surface area contributed by atoms with Crippen molar-refractivity contribution >= 4 is 22.5 Å². The first kappa shape index (κ1) is 18.2. The zero-order valence-electron chi connectivity index (χ0n) is 16.4. The van der Waals surface area contributed by atoms with Crippen LogP contribution in [0.2, 0.25) is 0 Å². The molecule has 1 aliphatic carbocycles. The molecule has 30 heavy (non-hydrogen) atoms. The Labute approximate surface area is 172 Å². The van der Waals surface area contributed by atoms with Gasteiger partial charge in [-0.3, -0.25) is 4.79 Å². The molecule has 7 heteroatoms. The van der Waals surface area contributed by atoms with E-state index in [0.29, 0.717) is 57.0 Å². The third kappa shape index (κ3) is 2.48. The van der Waals surface area contributed by atoms with Gasteiger partial charge in [0.15, 0.2) is 11.5 Å². The van der Waals surface area contributed by atoms with Gasteiger partial charge in [0.25, 0.3) is 5.91 Å². The first-order valence-corrected chi connectivity index (χ1v) is 9.36. The van der Waals surface area contributed by atoms with Gasteiger partial charge in [-0.15, -0.1) is 0 Å². The second-order valence-corrected chi connectivity index (χ2v) is 7.08. The highest BCUT2D eigenvalue weighted by atomic mass is 19.1. The number of nitrogens with zero attached hydrogens (tertiary/aromatic N) is 2. The molecule has 0 atom stereocenters. The lowest BCUT2D eigenvalue weighted by atomic mass is 9.98. The van der Waals surface area contributed by atoms with Crippen molar-refractivity contribution < 1.29 is 18.7 Å². The van der Waals surface area contributed by atoms with E-state index in [9.17, 15) is 4.79 Å². The van der Waals surface area contributed by atoms with E-state index in [4.69, 9.17) is 15.2 Å². The Morgan fingerprint density at radius 3 is 2.53 bits per heavy atom. The van der Waals surface area contributed by atoms with Gasteiger partial charge in [0, 0.05) is 16.6 Å². The molecule has 0 saturated heterocycles. The van der Waals surface area contributed by atoms with Crippen LogP contribution in [0.5, 0.6) is 11.5 Å². The number of halogens is 1. The van der Waals surface area contributed by atoms with Crippen LogP contribution in [0.3, 0.4) is 0 Å². The molecule has 0 saturated carbocycles. The van der Waals surface area contributed by atoms with Crippen LogP contribution in [0.4, 0.5) is 10.1 Å². The average molecular weight is 403 g/mol. The van der Waals surface area contributed by atoms with Crippen LogP contribution in [0.1, 0.15) is 16.1 Å². The first-order valence-electron chi connectivity index (χ1n) is 9.36. The lowest BCUT2D eigenvalue weighted by Gasteiger charge is -2.19. The summed E-state index contributed by atoms with van der Waals surface area (Å²) in [6.07, 6.45) is 5.58. The second-order valence-electron chi connectivity index (χ2n) is 7.08. The molecular weight excluding hydrogens is 385 g/mol. The minimum absolute atomic E-state index is 0.190. The molecule has 0 unspecified atom stereocenters. The molecule has 150 valence electrons. The molecule has 2 aliphatic rings. The summed E-state index contributed by atoms with van der Waals surface area (Å²) in [7, 11) is 3.06. The van der Waals surface area contributed by atoms with Crippen LogP contribution in [-0.2, 0) is 6.54 Å². The third-order valence-electron chi connectivity index (χ3n) is 5.51. The zero-order chi connectivity index (χ0) is 21.0. The van der Waals surface area contributed by atoms with Crippen molar-refractivity contribution in [3.05, 3.63) is 71.3 Å². The SMILES string of the molecule is COc1ccc(-c2c(F)ccc3c(N)c4c(nc23)CN(C2=CC=C2)C4=O)cc1OC. The lowest BCUT2D eigenvalue weighted by Crippen LogP contribution is -2.24. The number of hydrogen-bond acceptors (Lipinski definition) is 5. The molecule has 1 aromatic heterocycles. The van der Waals surface area contributed by atoms with E-state index in [1.807, 2.05) is 18.2 Å². The molecule has 1 amide bonds. The topological polar surface area (TPSA) is 77.7 Å². The number of nitrogen functional groups attached to an aromatic ring is 1. The Hall–Kier alpha value is -3.87. The molecule has 5 rings (SSSR count). The highest BCUT2D eigenvalue weighted by molar-refractivity contribution is 6.12. The highest BCUT2D eigenvalue weighted by Gasteiger charge is 2.34. The van der Waals surface area contributed by atoms with E-state index >= 15 is 4.39 Å². The van der Waals surface area contributed by atoms with Gasteiger partial charge in [0.1, 0.15) is 5.82 Å². The Balaban J connectivity index is 1.73. The Bertz CT molecular complexity index is 1300. The number of rotatable bonds is 4. The van der Waals surface area contributed by atoms with E-state index in [0.717, 1.165) is 5.70 Å². The fourth-order valence-corrected chi connectivity index (χ4v) is 3.93. The van der Waals surface area contributed by atoms with Gasteiger partial charge in [-0.25, -0.2) is 9.37 Å². The van der Waals surface area contributed by atoms with Gasteiger partial charge in [0.2, 0.25) is 0 Å². The molecule has 3 aromatic rings. The maximum Gasteiger partial charge on any atom is 0.262 e. The highest BCUT2D eigenvalue weighted by Crippen LogP contribution is 2.41. The van der Waals surface area contributed by atoms with Gasteiger partial charge >= 0.3 is 0 Å². The van der Waals surface area contributed by atoms with Crippen LogP contribution >= 0.6 is 0 Å². The molecule has 1 aliphatic heterocycles. The summed E-state index contributed by atoms with van der Waals surface area (Å²) in [5, 5.41) is 0.535. The number of allylic oxidation sites excluding steroid dienone is 3. The number of amides is 1. The van der Waals surface area contributed by atoms with E-state index in [2.05, 4.69) is 4.98 Å². The predicted octanol–water partition coefficient (Wildman–Crippen LogP) is 4.05. The van der Waals surface area contributed by atoms with Crippen LogP contribution in [0, 0.1) is 5.82 Å².